The minimum Gasteiger partial charge on any atom is -0.492 e. The molecule has 2 aromatic rings. The van der Waals surface area contributed by atoms with Crippen LogP contribution in [0.4, 0.5) is 11.4 Å². The first-order valence-electron chi connectivity index (χ1n) is 12.6. The highest BCUT2D eigenvalue weighted by molar-refractivity contribution is 6.22. The van der Waals surface area contributed by atoms with Gasteiger partial charge < -0.3 is 14.4 Å². The number of fused-ring (bicyclic) bond motifs is 1. The van der Waals surface area contributed by atoms with Crippen LogP contribution in [0.3, 0.4) is 0 Å². The number of anilines is 2. The monoisotopic (exact) mass is 490 g/mol. The smallest absolute Gasteiger partial charge is 0.316 e. The number of nitrogens with zero attached hydrogens (tertiary/aromatic N) is 2. The summed E-state index contributed by atoms with van der Waals surface area (Å²) in [6.45, 7) is 4.63. The number of hydrogen-bond acceptors (Lipinski definition) is 6. The Bertz CT molecular complexity index is 1210. The van der Waals surface area contributed by atoms with Crippen molar-refractivity contribution in [3.63, 3.8) is 0 Å². The summed E-state index contributed by atoms with van der Waals surface area (Å²) in [5.41, 5.74) is 1.04. The molecule has 0 spiro atoms. The van der Waals surface area contributed by atoms with Crippen molar-refractivity contribution in [1.29, 1.82) is 0 Å². The summed E-state index contributed by atoms with van der Waals surface area (Å²) >= 11 is 0. The zero-order valence-corrected chi connectivity index (χ0v) is 20.5. The van der Waals surface area contributed by atoms with Crippen LogP contribution in [0.5, 0.6) is 11.5 Å². The van der Waals surface area contributed by atoms with E-state index in [9.17, 15) is 19.2 Å². The van der Waals surface area contributed by atoms with Crippen LogP contribution in [0.1, 0.15) is 39.5 Å². The van der Waals surface area contributed by atoms with E-state index in [1.807, 2.05) is 19.1 Å². The van der Waals surface area contributed by atoms with Crippen molar-refractivity contribution in [1.82, 2.24) is 0 Å². The van der Waals surface area contributed by atoms with Gasteiger partial charge in [0.1, 0.15) is 11.5 Å². The maximum atomic E-state index is 13.1. The predicted molar refractivity (Wildman–Crippen MR) is 133 cm³/mol. The van der Waals surface area contributed by atoms with Crippen molar-refractivity contribution >= 4 is 35.1 Å². The fourth-order valence-corrected chi connectivity index (χ4v) is 5.59. The minimum absolute atomic E-state index is 0.0314. The molecular weight excluding hydrogens is 460 g/mol. The highest BCUT2D eigenvalue weighted by Crippen LogP contribution is 2.42. The molecule has 1 saturated carbocycles. The molecule has 8 nitrogen and oxygen atoms in total. The van der Waals surface area contributed by atoms with Crippen LogP contribution in [0, 0.1) is 23.7 Å². The topological polar surface area (TPSA) is 93.2 Å². The molecule has 2 aromatic carbocycles. The number of esters is 1. The van der Waals surface area contributed by atoms with Crippen molar-refractivity contribution in [3.8, 4) is 11.5 Å². The number of benzene rings is 2. The normalized spacial score (nSPS) is 25.8. The third-order valence-electron chi connectivity index (χ3n) is 7.40. The van der Waals surface area contributed by atoms with Gasteiger partial charge in [-0.1, -0.05) is 25.1 Å². The molecule has 8 heteroatoms. The lowest BCUT2D eigenvalue weighted by molar-refractivity contribution is -0.139. The average molecular weight is 491 g/mol. The molecule has 1 aliphatic carbocycles. The van der Waals surface area contributed by atoms with Crippen molar-refractivity contribution in [2.75, 3.05) is 23.0 Å². The lowest BCUT2D eigenvalue weighted by Gasteiger charge is -2.25. The third kappa shape index (κ3) is 4.36. The number of para-hydroxylation sites is 2. The number of carbonyl (C=O) groups is 4. The molecule has 0 radical (unpaired) electrons. The number of imide groups is 1. The van der Waals surface area contributed by atoms with Crippen LogP contribution in [-0.2, 0) is 19.2 Å². The van der Waals surface area contributed by atoms with Crippen LogP contribution in [0.25, 0.3) is 0 Å². The maximum Gasteiger partial charge on any atom is 0.316 e. The van der Waals surface area contributed by atoms with E-state index < -0.39 is 11.9 Å². The minimum atomic E-state index is -0.643. The number of carbonyl (C=O) groups excluding carboxylic acids is 4. The highest BCUT2D eigenvalue weighted by Gasteiger charge is 2.50. The summed E-state index contributed by atoms with van der Waals surface area (Å²) in [6, 6.07) is 13.7. The molecule has 2 saturated heterocycles. The van der Waals surface area contributed by atoms with E-state index in [0.717, 1.165) is 19.3 Å². The van der Waals surface area contributed by atoms with Gasteiger partial charge in [-0.05, 0) is 56.4 Å². The Hall–Kier alpha value is -3.68. The van der Waals surface area contributed by atoms with Gasteiger partial charge in [-0.2, -0.15) is 0 Å². The Kier molecular flexibility index (Phi) is 6.51. The van der Waals surface area contributed by atoms with Crippen LogP contribution in [-0.4, -0.2) is 36.8 Å². The SMILES string of the molecule is CCOc1ccccc1N1C[C@H](C(=O)Oc2cccc(N3C(=O)[C@H]4C[C@H](C)CC[C@H]4C3=O)c2)CC1=O. The van der Waals surface area contributed by atoms with Crippen LogP contribution < -0.4 is 19.3 Å². The summed E-state index contributed by atoms with van der Waals surface area (Å²) in [6.07, 6.45) is 2.42. The standard InChI is InChI=1S/C28H30N2O6/c1-3-35-24-10-5-4-9-23(24)29-16-18(14-25(29)31)28(34)36-20-8-6-7-19(15-20)30-26(32)21-12-11-17(2)13-22(21)27(30)33/h4-10,15,17-18,21-22H,3,11-14,16H2,1-2H3/t17-,18-,21-,22+/m1/s1. The first kappa shape index (κ1) is 24.0. The van der Waals surface area contributed by atoms with Gasteiger partial charge in [0, 0.05) is 19.0 Å². The fraction of sp³-hybridized carbons (Fsp3) is 0.429. The molecular formula is C28H30N2O6. The number of rotatable bonds is 6. The quantitative estimate of drug-likeness (QED) is 0.346. The summed E-state index contributed by atoms with van der Waals surface area (Å²) in [7, 11) is 0. The number of amides is 3. The molecule has 0 N–H and O–H groups in total. The molecule has 0 bridgehead atoms. The molecule has 0 unspecified atom stereocenters. The van der Waals surface area contributed by atoms with Gasteiger partial charge >= 0.3 is 5.97 Å². The van der Waals surface area contributed by atoms with Gasteiger partial charge in [0.15, 0.2) is 0 Å². The lowest BCUT2D eigenvalue weighted by Crippen LogP contribution is -2.31. The van der Waals surface area contributed by atoms with E-state index in [1.54, 1.807) is 41.3 Å². The zero-order chi connectivity index (χ0) is 25.4. The van der Waals surface area contributed by atoms with Gasteiger partial charge in [0.05, 0.1) is 35.7 Å². The van der Waals surface area contributed by atoms with Gasteiger partial charge in [0.25, 0.3) is 0 Å². The van der Waals surface area contributed by atoms with E-state index in [2.05, 4.69) is 6.92 Å². The average Bonchev–Trinajstić information content (AvgIpc) is 3.37. The molecule has 2 heterocycles. The number of ether oxygens (including phenoxy) is 2. The molecule has 5 rings (SSSR count). The molecule has 36 heavy (non-hydrogen) atoms. The third-order valence-corrected chi connectivity index (χ3v) is 7.40. The van der Waals surface area contributed by atoms with E-state index in [4.69, 9.17) is 9.47 Å². The summed E-state index contributed by atoms with van der Waals surface area (Å²) in [5.74, 6) is -0.999. The van der Waals surface area contributed by atoms with Crippen molar-refractivity contribution in [2.45, 2.75) is 39.5 Å². The van der Waals surface area contributed by atoms with Gasteiger partial charge in [-0.3, -0.25) is 19.2 Å². The van der Waals surface area contributed by atoms with E-state index in [0.29, 0.717) is 29.6 Å². The largest absolute Gasteiger partial charge is 0.492 e. The fourth-order valence-electron chi connectivity index (χ4n) is 5.59. The number of hydrogen-bond donors (Lipinski definition) is 0. The maximum absolute atomic E-state index is 13.1. The first-order valence-corrected chi connectivity index (χ1v) is 12.6. The summed E-state index contributed by atoms with van der Waals surface area (Å²) < 4.78 is 11.3. The van der Waals surface area contributed by atoms with Gasteiger partial charge in [-0.15, -0.1) is 0 Å². The molecule has 3 fully saturated rings. The lowest BCUT2D eigenvalue weighted by atomic mass is 9.76. The zero-order valence-electron chi connectivity index (χ0n) is 20.5. The second-order valence-electron chi connectivity index (χ2n) is 9.87. The van der Waals surface area contributed by atoms with Crippen molar-refractivity contribution in [2.24, 2.45) is 23.7 Å². The first-order chi connectivity index (χ1) is 17.4. The molecule has 0 aromatic heterocycles. The Morgan fingerprint density at radius 3 is 2.58 bits per heavy atom. The molecule has 188 valence electrons. The Balaban J connectivity index is 1.29. The Morgan fingerprint density at radius 2 is 1.78 bits per heavy atom. The highest BCUT2D eigenvalue weighted by atomic mass is 16.5. The molecule has 3 aliphatic rings. The summed E-state index contributed by atoms with van der Waals surface area (Å²) in [4.78, 5) is 54.6. The van der Waals surface area contributed by atoms with Gasteiger partial charge in [0.2, 0.25) is 17.7 Å². The second kappa shape index (κ2) is 9.76. The molecule has 4 atom stereocenters. The summed E-state index contributed by atoms with van der Waals surface area (Å²) in [5, 5.41) is 0. The van der Waals surface area contributed by atoms with Crippen LogP contribution in [0.15, 0.2) is 48.5 Å². The molecule has 3 amide bonds. The molecule has 2 aliphatic heterocycles. The van der Waals surface area contributed by atoms with Crippen LogP contribution in [0.2, 0.25) is 0 Å². The van der Waals surface area contributed by atoms with Crippen molar-refractivity contribution < 1.29 is 28.7 Å². The van der Waals surface area contributed by atoms with E-state index in [1.165, 1.54) is 4.90 Å². The van der Waals surface area contributed by atoms with E-state index in [-0.39, 0.29) is 48.3 Å². The Morgan fingerprint density at radius 1 is 1.00 bits per heavy atom. The second-order valence-corrected chi connectivity index (χ2v) is 9.87. The predicted octanol–water partition coefficient (Wildman–Crippen LogP) is 3.97. The van der Waals surface area contributed by atoms with Crippen LogP contribution >= 0.6 is 0 Å². The van der Waals surface area contributed by atoms with Crippen molar-refractivity contribution in [3.05, 3.63) is 48.5 Å². The Labute approximate surface area is 210 Å². The van der Waals surface area contributed by atoms with Gasteiger partial charge in [-0.25, -0.2) is 4.90 Å². The van der Waals surface area contributed by atoms with E-state index >= 15 is 0 Å².